The predicted molar refractivity (Wildman–Crippen MR) is 105 cm³/mol. The summed E-state index contributed by atoms with van der Waals surface area (Å²) in [6, 6.07) is 18.2. The third-order valence-electron chi connectivity index (χ3n) is 4.11. The zero-order valence-electron chi connectivity index (χ0n) is 15.0. The molecule has 3 rings (SSSR count). The van der Waals surface area contributed by atoms with Gasteiger partial charge in [0.2, 0.25) is 9.84 Å². The molecule has 0 N–H and O–H groups in total. The Bertz CT molecular complexity index is 1120. The maximum absolute atomic E-state index is 12.9. The number of carbonyl (C=O) groups excluding carboxylic acids is 1. The molecule has 0 fully saturated rings. The summed E-state index contributed by atoms with van der Waals surface area (Å²) in [5, 5.41) is 0. The van der Waals surface area contributed by atoms with E-state index in [0.29, 0.717) is 0 Å². The van der Waals surface area contributed by atoms with Gasteiger partial charge in [0, 0.05) is 0 Å². The topological polar surface area (TPSA) is 60.4 Å². The van der Waals surface area contributed by atoms with Crippen molar-refractivity contribution in [1.82, 2.24) is 0 Å². The van der Waals surface area contributed by atoms with Gasteiger partial charge in [-0.05, 0) is 47.5 Å². The number of halogens is 1. The molecule has 0 atom stereocenters. The second-order valence-electron chi connectivity index (χ2n) is 5.95. The lowest BCUT2D eigenvalue weighted by Crippen LogP contribution is -2.11. The van der Waals surface area contributed by atoms with Crippen LogP contribution in [0.15, 0.2) is 82.6 Å². The fraction of sp³-hybridized carbons (Fsp3) is 0.0455. The van der Waals surface area contributed by atoms with E-state index in [1.165, 1.54) is 43.5 Å². The summed E-state index contributed by atoms with van der Waals surface area (Å²) in [6.45, 7) is 0. The van der Waals surface area contributed by atoms with Crippen molar-refractivity contribution in [1.29, 1.82) is 0 Å². The van der Waals surface area contributed by atoms with Gasteiger partial charge in [-0.25, -0.2) is 17.6 Å². The number of hydrogen-bond donors (Lipinski definition) is 0. The summed E-state index contributed by atoms with van der Waals surface area (Å²) in [6.07, 6.45) is 3.60. The van der Waals surface area contributed by atoms with Crippen LogP contribution in [0.25, 0.3) is 12.2 Å². The van der Waals surface area contributed by atoms with Crippen molar-refractivity contribution in [3.05, 3.63) is 95.3 Å². The van der Waals surface area contributed by atoms with E-state index in [-0.39, 0.29) is 21.2 Å². The van der Waals surface area contributed by atoms with E-state index in [9.17, 15) is 17.6 Å². The first-order valence-corrected chi connectivity index (χ1v) is 9.86. The van der Waals surface area contributed by atoms with Gasteiger partial charge in [0.15, 0.2) is 0 Å². The van der Waals surface area contributed by atoms with E-state index in [1.807, 2.05) is 0 Å². The quantitative estimate of drug-likeness (QED) is 0.467. The minimum Gasteiger partial charge on any atom is -0.465 e. The number of carbonyl (C=O) groups is 1. The summed E-state index contributed by atoms with van der Waals surface area (Å²) in [4.78, 5) is 11.9. The van der Waals surface area contributed by atoms with Crippen molar-refractivity contribution >= 4 is 28.0 Å². The Kier molecular flexibility index (Phi) is 5.70. The van der Waals surface area contributed by atoms with Gasteiger partial charge < -0.3 is 4.74 Å². The molecule has 3 aromatic carbocycles. The summed E-state index contributed by atoms with van der Waals surface area (Å²) in [5.41, 5.74) is 1.60. The summed E-state index contributed by atoms with van der Waals surface area (Å²) in [5.74, 6) is -1.02. The van der Waals surface area contributed by atoms with Crippen LogP contribution >= 0.6 is 0 Å². The molecule has 0 saturated heterocycles. The molecule has 0 bridgehead atoms. The van der Waals surface area contributed by atoms with Gasteiger partial charge >= 0.3 is 5.97 Å². The molecule has 0 aromatic heterocycles. The highest BCUT2D eigenvalue weighted by Crippen LogP contribution is 2.25. The van der Waals surface area contributed by atoms with Gasteiger partial charge in [0.05, 0.1) is 22.5 Å². The fourth-order valence-corrected chi connectivity index (χ4v) is 4.08. The molecule has 0 spiro atoms. The summed E-state index contributed by atoms with van der Waals surface area (Å²) >= 11 is 0. The monoisotopic (exact) mass is 396 g/mol. The molecular formula is C22H17FO4S. The van der Waals surface area contributed by atoms with Crippen LogP contribution in [-0.4, -0.2) is 21.5 Å². The number of sulfone groups is 1. The van der Waals surface area contributed by atoms with E-state index >= 15 is 0 Å². The Hall–Kier alpha value is -3.25. The fourth-order valence-electron chi connectivity index (χ4n) is 2.63. The highest BCUT2D eigenvalue weighted by Gasteiger charge is 2.24. The second-order valence-corrected chi connectivity index (χ2v) is 7.86. The third kappa shape index (κ3) is 4.18. The number of esters is 1. The molecular weight excluding hydrogens is 379 g/mol. The van der Waals surface area contributed by atoms with Gasteiger partial charge in [0.25, 0.3) is 0 Å². The van der Waals surface area contributed by atoms with Crippen LogP contribution in [0.2, 0.25) is 0 Å². The molecule has 0 amide bonds. The van der Waals surface area contributed by atoms with Gasteiger partial charge in [-0.2, -0.15) is 0 Å². The minimum atomic E-state index is -3.88. The molecule has 0 aliphatic carbocycles. The van der Waals surface area contributed by atoms with Crippen LogP contribution in [0, 0.1) is 5.82 Å². The molecule has 0 unspecified atom stereocenters. The first-order valence-electron chi connectivity index (χ1n) is 8.38. The molecule has 3 aromatic rings. The lowest BCUT2D eigenvalue weighted by Gasteiger charge is -2.09. The first kappa shape index (κ1) is 19.5. The van der Waals surface area contributed by atoms with Crippen molar-refractivity contribution in [3.8, 4) is 0 Å². The van der Waals surface area contributed by atoms with Crippen molar-refractivity contribution in [2.75, 3.05) is 7.11 Å². The number of ether oxygens (including phenoxy) is 1. The molecule has 0 aliphatic rings. The molecule has 0 saturated carbocycles. The van der Waals surface area contributed by atoms with Gasteiger partial charge in [-0.15, -0.1) is 0 Å². The Morgan fingerprint density at radius 3 is 1.96 bits per heavy atom. The van der Waals surface area contributed by atoms with E-state index in [0.717, 1.165) is 11.1 Å². The van der Waals surface area contributed by atoms with Crippen molar-refractivity contribution < 1.29 is 22.3 Å². The molecule has 0 aliphatic heterocycles. The van der Waals surface area contributed by atoms with Crippen molar-refractivity contribution in [3.63, 3.8) is 0 Å². The van der Waals surface area contributed by atoms with Gasteiger partial charge in [0.1, 0.15) is 5.82 Å². The van der Waals surface area contributed by atoms with Crippen LogP contribution in [0.4, 0.5) is 4.39 Å². The molecule has 4 nitrogen and oxygen atoms in total. The smallest absolute Gasteiger partial charge is 0.339 e. The standard InChI is InChI=1S/C22H17FO4S/c1-27-22(24)20-4-2-3-5-21(20)28(25,26)19-14-10-17(11-15-19)7-6-16-8-12-18(23)13-9-16/h2-15H,1H3. The van der Waals surface area contributed by atoms with Crippen molar-refractivity contribution in [2.45, 2.75) is 9.79 Å². The van der Waals surface area contributed by atoms with Crippen LogP contribution in [0.3, 0.4) is 0 Å². The number of hydrogen-bond acceptors (Lipinski definition) is 4. The maximum Gasteiger partial charge on any atom is 0.339 e. The average molecular weight is 396 g/mol. The van der Waals surface area contributed by atoms with Crippen molar-refractivity contribution in [2.24, 2.45) is 0 Å². The van der Waals surface area contributed by atoms with Crippen LogP contribution in [0.5, 0.6) is 0 Å². The number of benzene rings is 3. The van der Waals surface area contributed by atoms with Gasteiger partial charge in [-0.1, -0.05) is 48.6 Å². The van der Waals surface area contributed by atoms with E-state index < -0.39 is 15.8 Å². The van der Waals surface area contributed by atoms with E-state index in [4.69, 9.17) is 0 Å². The van der Waals surface area contributed by atoms with Crippen LogP contribution in [-0.2, 0) is 14.6 Å². The SMILES string of the molecule is COC(=O)c1ccccc1S(=O)(=O)c1ccc(C=Cc2ccc(F)cc2)cc1. The Morgan fingerprint density at radius 1 is 0.857 bits per heavy atom. The Labute approximate surface area is 162 Å². The summed E-state index contributed by atoms with van der Waals surface area (Å²) in [7, 11) is -2.68. The average Bonchev–Trinajstić information content (AvgIpc) is 2.73. The lowest BCUT2D eigenvalue weighted by molar-refractivity contribution is 0.0596. The number of methoxy groups -OCH3 is 1. The zero-order chi connectivity index (χ0) is 20.1. The molecule has 0 heterocycles. The van der Waals surface area contributed by atoms with E-state index in [2.05, 4.69) is 4.74 Å². The predicted octanol–water partition coefficient (Wildman–Crippen LogP) is 4.62. The third-order valence-corrected chi connectivity index (χ3v) is 5.94. The molecule has 28 heavy (non-hydrogen) atoms. The summed E-state index contributed by atoms with van der Waals surface area (Å²) < 4.78 is 43.5. The largest absolute Gasteiger partial charge is 0.465 e. The molecule has 0 radical (unpaired) electrons. The molecule has 142 valence electrons. The minimum absolute atomic E-state index is 0.00900. The zero-order valence-corrected chi connectivity index (χ0v) is 15.8. The second kappa shape index (κ2) is 8.19. The maximum atomic E-state index is 12.9. The number of rotatable bonds is 5. The van der Waals surface area contributed by atoms with Gasteiger partial charge in [-0.3, -0.25) is 0 Å². The Balaban J connectivity index is 1.89. The highest BCUT2D eigenvalue weighted by molar-refractivity contribution is 7.91. The lowest BCUT2D eigenvalue weighted by atomic mass is 10.1. The first-order chi connectivity index (χ1) is 13.4. The van der Waals surface area contributed by atoms with Crippen LogP contribution in [0.1, 0.15) is 21.5 Å². The van der Waals surface area contributed by atoms with E-state index in [1.54, 1.807) is 48.6 Å². The Morgan fingerprint density at radius 2 is 1.39 bits per heavy atom. The highest BCUT2D eigenvalue weighted by atomic mass is 32.2. The molecule has 6 heteroatoms. The normalized spacial score (nSPS) is 11.5. The van der Waals surface area contributed by atoms with Crippen LogP contribution < -0.4 is 0 Å².